The van der Waals surface area contributed by atoms with Crippen LogP contribution in [0.25, 0.3) is 0 Å². The largest absolute Gasteiger partial charge is 0.355 e. The van der Waals surface area contributed by atoms with Crippen LogP contribution in [0.5, 0.6) is 0 Å². The molecular formula is C22H26Cl3N3O4S. The molecular weight excluding hydrogens is 509 g/mol. The molecule has 33 heavy (non-hydrogen) atoms. The first-order chi connectivity index (χ1) is 15.3. The second-order valence-corrected chi connectivity index (χ2v) is 10.7. The van der Waals surface area contributed by atoms with E-state index in [1.165, 1.54) is 11.0 Å². The van der Waals surface area contributed by atoms with E-state index in [0.29, 0.717) is 38.4 Å². The Balaban J connectivity index is 2.45. The molecule has 1 N–H and O–H groups in total. The highest BCUT2D eigenvalue weighted by Crippen LogP contribution is 2.27. The van der Waals surface area contributed by atoms with Crippen molar-refractivity contribution in [1.29, 1.82) is 0 Å². The van der Waals surface area contributed by atoms with Gasteiger partial charge in [-0.05, 0) is 62.2 Å². The Morgan fingerprint density at radius 1 is 1.06 bits per heavy atom. The van der Waals surface area contributed by atoms with Gasteiger partial charge in [-0.2, -0.15) is 0 Å². The molecule has 0 saturated carbocycles. The zero-order valence-corrected chi connectivity index (χ0v) is 21.8. The summed E-state index contributed by atoms with van der Waals surface area (Å²) in [5.41, 5.74) is 1.48. The van der Waals surface area contributed by atoms with E-state index in [9.17, 15) is 18.0 Å². The lowest BCUT2D eigenvalue weighted by atomic mass is 10.1. The third-order valence-corrected chi connectivity index (χ3v) is 6.93. The predicted molar refractivity (Wildman–Crippen MR) is 134 cm³/mol. The van der Waals surface area contributed by atoms with E-state index < -0.39 is 28.5 Å². The first kappa shape index (κ1) is 27.2. The van der Waals surface area contributed by atoms with Crippen molar-refractivity contribution in [3.8, 4) is 0 Å². The quantitative estimate of drug-likeness (QED) is 0.520. The molecule has 0 heterocycles. The Hall–Kier alpha value is -2.00. The maximum Gasteiger partial charge on any atom is 0.244 e. The van der Waals surface area contributed by atoms with Crippen molar-refractivity contribution in [2.24, 2.45) is 0 Å². The number of carbonyl (C=O) groups is 2. The molecule has 2 aromatic carbocycles. The number of anilines is 1. The number of likely N-dealkylation sites (N-methyl/N-ethyl adjacent to an activating group) is 1. The molecule has 0 fully saturated rings. The zero-order valence-electron chi connectivity index (χ0n) is 18.7. The minimum Gasteiger partial charge on any atom is -0.355 e. The summed E-state index contributed by atoms with van der Waals surface area (Å²) in [4.78, 5) is 27.3. The van der Waals surface area contributed by atoms with E-state index in [-0.39, 0.29) is 12.5 Å². The SMILES string of the molecule is CCNC(=O)C(C)N(Cc1ccc(Cl)cc1Cl)C(=O)CN(c1ccc(Cl)cc1C)S(C)(=O)=O. The summed E-state index contributed by atoms with van der Waals surface area (Å²) in [5.74, 6) is -0.941. The average molecular weight is 535 g/mol. The number of benzene rings is 2. The number of hydrogen-bond acceptors (Lipinski definition) is 4. The zero-order chi connectivity index (χ0) is 24.9. The van der Waals surface area contributed by atoms with Crippen LogP contribution in [0.15, 0.2) is 36.4 Å². The molecule has 0 aromatic heterocycles. The second kappa shape index (κ2) is 11.4. The minimum absolute atomic E-state index is 0.00958. The number of halogens is 3. The topological polar surface area (TPSA) is 86.8 Å². The molecule has 2 aromatic rings. The van der Waals surface area contributed by atoms with E-state index >= 15 is 0 Å². The standard InChI is InChI=1S/C22H26Cl3N3O4S/c1-5-26-22(30)15(3)27(12-16-6-7-18(24)11-19(16)25)21(29)13-28(33(4,31)32)20-9-8-17(23)10-14(20)2/h6-11,15H,5,12-13H2,1-4H3,(H,26,30). The van der Waals surface area contributed by atoms with Crippen LogP contribution in [-0.2, 0) is 26.2 Å². The maximum absolute atomic E-state index is 13.4. The summed E-state index contributed by atoms with van der Waals surface area (Å²) in [5, 5.41) is 3.89. The van der Waals surface area contributed by atoms with Gasteiger partial charge in [-0.3, -0.25) is 13.9 Å². The number of nitrogens with zero attached hydrogens (tertiary/aromatic N) is 2. The second-order valence-electron chi connectivity index (χ2n) is 7.53. The molecule has 0 radical (unpaired) electrons. The molecule has 0 aliphatic rings. The van der Waals surface area contributed by atoms with Crippen molar-refractivity contribution < 1.29 is 18.0 Å². The summed E-state index contributed by atoms with van der Waals surface area (Å²) >= 11 is 18.3. The lowest BCUT2D eigenvalue weighted by molar-refractivity contribution is -0.139. The van der Waals surface area contributed by atoms with Gasteiger partial charge in [0.2, 0.25) is 21.8 Å². The normalized spacial score (nSPS) is 12.2. The van der Waals surface area contributed by atoms with Gasteiger partial charge in [0.05, 0.1) is 11.9 Å². The van der Waals surface area contributed by atoms with Gasteiger partial charge in [-0.25, -0.2) is 8.42 Å². The van der Waals surface area contributed by atoms with Crippen LogP contribution in [0.2, 0.25) is 15.1 Å². The molecule has 0 aliphatic heterocycles. The molecule has 7 nitrogen and oxygen atoms in total. The van der Waals surface area contributed by atoms with Gasteiger partial charge in [-0.1, -0.05) is 40.9 Å². The Labute approximate surface area is 209 Å². The van der Waals surface area contributed by atoms with Crippen LogP contribution in [0.1, 0.15) is 25.0 Å². The molecule has 0 saturated heterocycles. The van der Waals surface area contributed by atoms with Gasteiger partial charge in [0.15, 0.2) is 0 Å². The number of hydrogen-bond donors (Lipinski definition) is 1. The highest BCUT2D eigenvalue weighted by molar-refractivity contribution is 7.92. The van der Waals surface area contributed by atoms with Gasteiger partial charge in [-0.15, -0.1) is 0 Å². The molecule has 2 rings (SSSR count). The number of sulfonamides is 1. The highest BCUT2D eigenvalue weighted by Gasteiger charge is 2.30. The molecule has 0 bridgehead atoms. The van der Waals surface area contributed by atoms with Crippen molar-refractivity contribution in [2.75, 3.05) is 23.7 Å². The third-order valence-electron chi connectivity index (χ3n) is 4.98. The lowest BCUT2D eigenvalue weighted by Gasteiger charge is -2.32. The Morgan fingerprint density at radius 2 is 1.67 bits per heavy atom. The fraction of sp³-hybridized carbons (Fsp3) is 0.364. The third kappa shape index (κ3) is 7.24. The van der Waals surface area contributed by atoms with Crippen LogP contribution in [0.3, 0.4) is 0 Å². The van der Waals surface area contributed by atoms with Crippen LogP contribution < -0.4 is 9.62 Å². The molecule has 0 aliphatic carbocycles. The number of nitrogens with one attached hydrogen (secondary N) is 1. The average Bonchev–Trinajstić information content (AvgIpc) is 2.70. The Morgan fingerprint density at radius 3 is 2.21 bits per heavy atom. The van der Waals surface area contributed by atoms with Crippen LogP contribution in [0, 0.1) is 6.92 Å². The first-order valence-corrected chi connectivity index (χ1v) is 13.1. The van der Waals surface area contributed by atoms with E-state index in [1.807, 2.05) is 0 Å². The first-order valence-electron chi connectivity index (χ1n) is 10.1. The van der Waals surface area contributed by atoms with E-state index in [4.69, 9.17) is 34.8 Å². The summed E-state index contributed by atoms with van der Waals surface area (Å²) in [6, 6.07) is 8.65. The van der Waals surface area contributed by atoms with E-state index in [2.05, 4.69) is 5.32 Å². The van der Waals surface area contributed by atoms with Crippen LogP contribution in [0.4, 0.5) is 5.69 Å². The number of amides is 2. The smallest absolute Gasteiger partial charge is 0.244 e. The summed E-state index contributed by atoms with van der Waals surface area (Å²) in [7, 11) is -3.83. The molecule has 180 valence electrons. The maximum atomic E-state index is 13.4. The lowest BCUT2D eigenvalue weighted by Crippen LogP contribution is -2.51. The fourth-order valence-corrected chi connectivity index (χ4v) is 4.83. The van der Waals surface area contributed by atoms with Gasteiger partial charge in [0.1, 0.15) is 12.6 Å². The van der Waals surface area contributed by atoms with Crippen molar-refractivity contribution >= 4 is 62.3 Å². The predicted octanol–water partition coefficient (Wildman–Crippen LogP) is 4.27. The van der Waals surface area contributed by atoms with E-state index in [1.54, 1.807) is 51.1 Å². The Kier molecular flexibility index (Phi) is 9.43. The van der Waals surface area contributed by atoms with Crippen LogP contribution >= 0.6 is 34.8 Å². The Bertz CT molecular complexity index is 1140. The van der Waals surface area contributed by atoms with E-state index in [0.717, 1.165) is 10.6 Å². The summed E-state index contributed by atoms with van der Waals surface area (Å²) in [6.45, 7) is 4.91. The van der Waals surface area contributed by atoms with Crippen LogP contribution in [-0.4, -0.2) is 50.5 Å². The van der Waals surface area contributed by atoms with Gasteiger partial charge < -0.3 is 10.2 Å². The number of carbonyl (C=O) groups excluding carboxylic acids is 2. The van der Waals surface area contributed by atoms with Crippen molar-refractivity contribution in [1.82, 2.24) is 10.2 Å². The number of rotatable bonds is 9. The van der Waals surface area contributed by atoms with Gasteiger partial charge >= 0.3 is 0 Å². The van der Waals surface area contributed by atoms with Gasteiger partial charge in [0.25, 0.3) is 0 Å². The summed E-state index contributed by atoms with van der Waals surface area (Å²) in [6.07, 6.45) is 1.02. The molecule has 0 spiro atoms. The highest BCUT2D eigenvalue weighted by atomic mass is 35.5. The van der Waals surface area contributed by atoms with Crippen molar-refractivity contribution in [2.45, 2.75) is 33.4 Å². The van der Waals surface area contributed by atoms with Gasteiger partial charge in [0, 0.05) is 28.2 Å². The minimum atomic E-state index is -3.83. The molecule has 1 atom stereocenters. The molecule has 11 heteroatoms. The number of aryl methyl sites for hydroxylation is 1. The fourth-order valence-electron chi connectivity index (χ4n) is 3.23. The van der Waals surface area contributed by atoms with Crippen molar-refractivity contribution in [3.05, 3.63) is 62.6 Å². The molecule has 2 amide bonds. The summed E-state index contributed by atoms with van der Waals surface area (Å²) < 4.78 is 26.2. The van der Waals surface area contributed by atoms with Crippen molar-refractivity contribution in [3.63, 3.8) is 0 Å². The molecule has 1 unspecified atom stereocenters. The monoisotopic (exact) mass is 533 g/mol.